The van der Waals surface area contributed by atoms with Crippen molar-refractivity contribution in [2.75, 3.05) is 12.4 Å². The van der Waals surface area contributed by atoms with Crippen molar-refractivity contribution in [1.29, 1.82) is 0 Å². The zero-order valence-electron chi connectivity index (χ0n) is 12.2. The quantitative estimate of drug-likeness (QED) is 0.791. The lowest BCUT2D eigenvalue weighted by molar-refractivity contribution is -0.137. The topological polar surface area (TPSA) is 77.7 Å². The van der Waals surface area contributed by atoms with Gasteiger partial charge >= 0.3 is 12.1 Å². The first-order valence-electron chi connectivity index (χ1n) is 6.61. The largest absolute Gasteiger partial charge is 0.461 e. The molecule has 0 aliphatic heterocycles. The van der Waals surface area contributed by atoms with E-state index < -0.39 is 38.3 Å². The van der Waals surface area contributed by atoms with E-state index in [9.17, 15) is 26.4 Å². The van der Waals surface area contributed by atoms with Crippen LogP contribution in [-0.4, -0.2) is 36.1 Å². The van der Waals surface area contributed by atoms with Crippen LogP contribution in [0.5, 0.6) is 0 Å². The highest BCUT2D eigenvalue weighted by atomic mass is 32.2. The summed E-state index contributed by atoms with van der Waals surface area (Å²) < 4.78 is 68.3. The maximum absolute atomic E-state index is 12.8. The molecular weight excluding hydrogens is 337 g/mol. The molecule has 0 aliphatic rings. The van der Waals surface area contributed by atoms with Crippen molar-refractivity contribution in [3.8, 4) is 0 Å². The van der Waals surface area contributed by atoms with Gasteiger partial charge < -0.3 is 4.74 Å². The van der Waals surface area contributed by atoms with Crippen LogP contribution in [0.25, 0.3) is 5.65 Å². The van der Waals surface area contributed by atoms with Crippen molar-refractivity contribution in [3.63, 3.8) is 0 Å². The van der Waals surface area contributed by atoms with Crippen LogP contribution in [0.2, 0.25) is 0 Å². The lowest BCUT2D eigenvalue weighted by atomic mass is 10.2. The average molecular weight is 350 g/mol. The summed E-state index contributed by atoms with van der Waals surface area (Å²) in [4.78, 5) is 15.6. The van der Waals surface area contributed by atoms with Gasteiger partial charge in [-0.1, -0.05) is 6.92 Å². The predicted octanol–water partition coefficient (Wildman–Crippen LogP) is 2.32. The van der Waals surface area contributed by atoms with E-state index in [-0.39, 0.29) is 18.0 Å². The minimum atomic E-state index is -4.61. The Balaban J connectivity index is 2.79. The smallest absolute Gasteiger partial charge is 0.416 e. The molecule has 10 heteroatoms. The highest BCUT2D eigenvalue weighted by molar-refractivity contribution is 7.91. The Morgan fingerprint density at radius 3 is 2.52 bits per heavy atom. The fourth-order valence-corrected chi connectivity index (χ4v) is 3.12. The van der Waals surface area contributed by atoms with Crippen molar-refractivity contribution in [2.45, 2.75) is 25.0 Å². The van der Waals surface area contributed by atoms with Crippen LogP contribution in [0, 0.1) is 0 Å². The predicted molar refractivity (Wildman–Crippen MR) is 73.9 cm³/mol. The third kappa shape index (κ3) is 3.16. The molecule has 0 unspecified atom stereocenters. The molecule has 0 fully saturated rings. The van der Waals surface area contributed by atoms with Gasteiger partial charge in [0, 0.05) is 6.20 Å². The Kier molecular flexibility index (Phi) is 4.38. The number of hydrogen-bond acceptors (Lipinski definition) is 5. The second-order valence-corrected chi connectivity index (χ2v) is 6.72. The Hall–Kier alpha value is -2.10. The number of hydrogen-bond donors (Lipinski definition) is 0. The number of rotatable bonds is 4. The van der Waals surface area contributed by atoms with E-state index in [0.29, 0.717) is 6.07 Å². The lowest BCUT2D eigenvalue weighted by Crippen LogP contribution is -2.14. The number of pyridine rings is 1. The van der Waals surface area contributed by atoms with Crippen LogP contribution in [0.3, 0.4) is 0 Å². The number of carbonyl (C=O) groups excluding carboxylic acids is 1. The van der Waals surface area contributed by atoms with Gasteiger partial charge in [-0.15, -0.1) is 0 Å². The van der Waals surface area contributed by atoms with Gasteiger partial charge in [0.1, 0.15) is 5.65 Å². The Bertz CT molecular complexity index is 856. The summed E-state index contributed by atoms with van der Waals surface area (Å²) >= 11 is 0. The molecule has 126 valence electrons. The minimum Gasteiger partial charge on any atom is -0.461 e. The molecule has 0 N–H and O–H groups in total. The third-order valence-electron chi connectivity index (χ3n) is 3.05. The number of carbonyl (C=O) groups is 1. The molecule has 0 aliphatic carbocycles. The van der Waals surface area contributed by atoms with Crippen LogP contribution in [0.1, 0.15) is 29.9 Å². The number of esters is 1. The number of imidazole rings is 1. The molecule has 6 nitrogen and oxygen atoms in total. The Labute approximate surface area is 129 Å². The van der Waals surface area contributed by atoms with E-state index in [0.717, 1.165) is 16.7 Å². The van der Waals surface area contributed by atoms with Gasteiger partial charge in [-0.2, -0.15) is 13.2 Å². The van der Waals surface area contributed by atoms with E-state index in [2.05, 4.69) is 4.98 Å². The second-order valence-electron chi connectivity index (χ2n) is 4.53. The molecule has 2 rings (SSSR count). The molecular formula is C13H13F3N2O4S. The number of nitrogens with zero attached hydrogens (tertiary/aromatic N) is 2. The molecule has 0 aromatic carbocycles. The zero-order valence-corrected chi connectivity index (χ0v) is 13.0. The molecule has 0 saturated heterocycles. The molecule has 2 aromatic rings. The summed E-state index contributed by atoms with van der Waals surface area (Å²) in [6.45, 7) is 2.85. The van der Waals surface area contributed by atoms with Crippen molar-refractivity contribution in [2.24, 2.45) is 0 Å². The average Bonchev–Trinajstić information content (AvgIpc) is 2.85. The van der Waals surface area contributed by atoms with E-state index >= 15 is 0 Å². The van der Waals surface area contributed by atoms with Crippen LogP contribution >= 0.6 is 0 Å². The standard InChI is InChI=1S/C13H13F3N2O4S/c1-3-22-12(19)10-11(23(20,21)4-2)18-6-5-8(13(14,15)16)7-9(18)17-10/h5-7H,3-4H2,1-2H3. The number of alkyl halides is 3. The van der Waals surface area contributed by atoms with Crippen molar-refractivity contribution in [3.05, 3.63) is 29.6 Å². The summed E-state index contributed by atoms with van der Waals surface area (Å²) in [7, 11) is -3.91. The summed E-state index contributed by atoms with van der Waals surface area (Å²) in [6, 6.07) is 1.40. The second kappa shape index (κ2) is 5.84. The van der Waals surface area contributed by atoms with Gasteiger partial charge in [-0.05, 0) is 19.1 Å². The maximum Gasteiger partial charge on any atom is 0.416 e. The van der Waals surface area contributed by atoms with Crippen LogP contribution < -0.4 is 0 Å². The van der Waals surface area contributed by atoms with Crippen molar-refractivity contribution >= 4 is 21.5 Å². The molecule has 0 atom stereocenters. The first-order valence-corrected chi connectivity index (χ1v) is 8.26. The molecule has 2 aromatic heterocycles. The third-order valence-corrected chi connectivity index (χ3v) is 4.79. The first kappa shape index (κ1) is 17.3. The van der Waals surface area contributed by atoms with Gasteiger partial charge in [0.05, 0.1) is 17.9 Å². The molecule has 0 bridgehead atoms. The molecule has 0 radical (unpaired) electrons. The highest BCUT2D eigenvalue weighted by Crippen LogP contribution is 2.31. The van der Waals surface area contributed by atoms with Gasteiger partial charge in [0.25, 0.3) is 0 Å². The number of halogens is 3. The number of sulfone groups is 1. The van der Waals surface area contributed by atoms with Crippen LogP contribution in [0.4, 0.5) is 13.2 Å². The number of aromatic nitrogens is 2. The highest BCUT2D eigenvalue weighted by Gasteiger charge is 2.33. The summed E-state index contributed by atoms with van der Waals surface area (Å²) in [5, 5.41) is -0.470. The molecule has 23 heavy (non-hydrogen) atoms. The van der Waals surface area contributed by atoms with Crippen molar-refractivity contribution in [1.82, 2.24) is 9.38 Å². The summed E-state index contributed by atoms with van der Waals surface area (Å²) in [5.41, 5.74) is -1.81. The fourth-order valence-electron chi connectivity index (χ4n) is 1.96. The number of fused-ring (bicyclic) bond motifs is 1. The SMILES string of the molecule is CCOC(=O)c1nc2cc(C(F)(F)F)ccn2c1S(=O)(=O)CC. The van der Waals surface area contributed by atoms with E-state index in [4.69, 9.17) is 4.74 Å². The molecule has 0 amide bonds. The first-order chi connectivity index (χ1) is 10.6. The fraction of sp³-hybridized carbons (Fsp3) is 0.385. The monoisotopic (exact) mass is 350 g/mol. The van der Waals surface area contributed by atoms with Crippen LogP contribution in [0.15, 0.2) is 23.4 Å². The maximum atomic E-state index is 12.8. The normalized spacial score (nSPS) is 12.6. The van der Waals surface area contributed by atoms with Crippen LogP contribution in [-0.2, 0) is 20.8 Å². The zero-order chi connectivity index (χ0) is 17.4. The van der Waals surface area contributed by atoms with Gasteiger partial charge in [0.15, 0.2) is 20.6 Å². The molecule has 0 saturated carbocycles. The molecule has 0 spiro atoms. The van der Waals surface area contributed by atoms with Gasteiger partial charge in [-0.25, -0.2) is 18.2 Å². The lowest BCUT2D eigenvalue weighted by Gasteiger charge is -2.07. The number of ether oxygens (including phenoxy) is 1. The molecule has 2 heterocycles. The Morgan fingerprint density at radius 1 is 1.35 bits per heavy atom. The summed E-state index contributed by atoms with van der Waals surface area (Å²) in [6.07, 6.45) is -3.68. The van der Waals surface area contributed by atoms with Gasteiger partial charge in [-0.3, -0.25) is 4.40 Å². The summed E-state index contributed by atoms with van der Waals surface area (Å²) in [5.74, 6) is -1.34. The van der Waals surface area contributed by atoms with E-state index in [1.807, 2.05) is 0 Å². The van der Waals surface area contributed by atoms with Gasteiger partial charge in [0.2, 0.25) is 0 Å². The minimum absolute atomic E-state index is 0.0217. The Morgan fingerprint density at radius 2 is 2.00 bits per heavy atom. The van der Waals surface area contributed by atoms with Crippen molar-refractivity contribution < 1.29 is 31.1 Å². The van der Waals surface area contributed by atoms with E-state index in [1.54, 1.807) is 0 Å². The van der Waals surface area contributed by atoms with E-state index in [1.165, 1.54) is 13.8 Å².